The Hall–Kier alpha value is -5.25. The van der Waals surface area contributed by atoms with Crippen molar-refractivity contribution in [1.29, 1.82) is 0 Å². The number of carbonyl (C=O) groups is 2. The highest BCUT2D eigenvalue weighted by Crippen LogP contribution is 2.41. The fourth-order valence-electron chi connectivity index (χ4n) is 4.75. The maximum atomic E-state index is 13.8. The molecule has 1 aromatic heterocycles. The highest BCUT2D eigenvalue weighted by molar-refractivity contribution is 6.09. The molecule has 1 aliphatic rings. The number of aromatic nitrogens is 2. The molecule has 0 radical (unpaired) electrons. The number of nitrogens with one attached hydrogen (secondary N) is 3. The topological polar surface area (TPSA) is 131 Å². The summed E-state index contributed by atoms with van der Waals surface area (Å²) in [5.41, 5.74) is 4.20. The Labute approximate surface area is 224 Å². The summed E-state index contributed by atoms with van der Waals surface area (Å²) in [6.07, 6.45) is 1.39. The zero-order valence-corrected chi connectivity index (χ0v) is 21.6. The zero-order valence-electron chi connectivity index (χ0n) is 21.6. The zero-order chi connectivity index (χ0) is 27.7. The highest BCUT2D eigenvalue weighted by Gasteiger charge is 2.38. The average molecular weight is 523 g/mol. The molecular formula is C29H26N6O4. The summed E-state index contributed by atoms with van der Waals surface area (Å²) >= 11 is 0. The first-order valence-corrected chi connectivity index (χ1v) is 12.3. The number of carbonyl (C=O) groups excluding carboxylic acids is 2. The molecule has 1 atom stereocenters. The molecule has 3 N–H and O–H groups in total. The van der Waals surface area contributed by atoms with E-state index in [0.29, 0.717) is 22.9 Å². The number of fused-ring (bicyclic) bond motifs is 1. The number of hydrogen-bond donors (Lipinski definition) is 3. The molecule has 196 valence electrons. The molecule has 5 rings (SSSR count). The molecule has 4 aromatic rings. The summed E-state index contributed by atoms with van der Waals surface area (Å²) in [6, 6.07) is 19.9. The van der Waals surface area contributed by atoms with Gasteiger partial charge < -0.3 is 16.0 Å². The van der Waals surface area contributed by atoms with Gasteiger partial charge in [-0.2, -0.15) is 5.10 Å². The van der Waals surface area contributed by atoms with Crippen LogP contribution in [0.2, 0.25) is 0 Å². The number of rotatable bonds is 6. The van der Waals surface area contributed by atoms with Crippen molar-refractivity contribution in [1.82, 2.24) is 9.78 Å². The quantitative estimate of drug-likeness (QED) is 0.224. The monoisotopic (exact) mass is 522 g/mol. The van der Waals surface area contributed by atoms with Gasteiger partial charge in [0, 0.05) is 23.1 Å². The Bertz CT molecular complexity index is 1640. The van der Waals surface area contributed by atoms with Crippen molar-refractivity contribution in [3.05, 3.63) is 123 Å². The van der Waals surface area contributed by atoms with E-state index in [1.54, 1.807) is 49.4 Å². The van der Waals surface area contributed by atoms with Gasteiger partial charge >= 0.3 is 0 Å². The first kappa shape index (κ1) is 25.4. The van der Waals surface area contributed by atoms with Crippen molar-refractivity contribution in [2.24, 2.45) is 0 Å². The van der Waals surface area contributed by atoms with E-state index in [2.05, 4.69) is 21.0 Å². The summed E-state index contributed by atoms with van der Waals surface area (Å²) in [7, 11) is 0. The van der Waals surface area contributed by atoms with Crippen molar-refractivity contribution in [2.75, 3.05) is 16.0 Å². The van der Waals surface area contributed by atoms with E-state index in [1.165, 1.54) is 16.9 Å². The Morgan fingerprint density at radius 3 is 2.38 bits per heavy atom. The van der Waals surface area contributed by atoms with E-state index in [-0.39, 0.29) is 22.4 Å². The van der Waals surface area contributed by atoms with Crippen molar-refractivity contribution in [3.8, 4) is 0 Å². The van der Waals surface area contributed by atoms with Crippen LogP contribution in [0, 0.1) is 24.0 Å². The van der Waals surface area contributed by atoms with Crippen LogP contribution in [0.1, 0.15) is 40.0 Å². The molecule has 2 amide bonds. The third-order valence-electron chi connectivity index (χ3n) is 6.60. The van der Waals surface area contributed by atoms with E-state index in [1.807, 2.05) is 38.1 Å². The molecule has 2 heterocycles. The maximum absolute atomic E-state index is 13.8. The summed E-state index contributed by atoms with van der Waals surface area (Å²) < 4.78 is 1.45. The van der Waals surface area contributed by atoms with Crippen LogP contribution in [0.25, 0.3) is 0 Å². The van der Waals surface area contributed by atoms with Crippen molar-refractivity contribution < 1.29 is 14.5 Å². The maximum Gasteiger partial charge on any atom is 0.275 e. The predicted molar refractivity (Wildman–Crippen MR) is 149 cm³/mol. The van der Waals surface area contributed by atoms with Gasteiger partial charge in [-0.3, -0.25) is 19.7 Å². The summed E-state index contributed by atoms with van der Waals surface area (Å²) in [5, 5.41) is 25.4. The van der Waals surface area contributed by atoms with E-state index in [4.69, 9.17) is 0 Å². The van der Waals surface area contributed by atoms with Gasteiger partial charge in [-0.05, 0) is 50.6 Å². The second-order valence-corrected chi connectivity index (χ2v) is 9.33. The molecule has 1 aliphatic heterocycles. The van der Waals surface area contributed by atoms with E-state index in [0.717, 1.165) is 11.1 Å². The van der Waals surface area contributed by atoms with Crippen LogP contribution in [-0.4, -0.2) is 26.5 Å². The van der Waals surface area contributed by atoms with Gasteiger partial charge in [0.25, 0.3) is 17.5 Å². The van der Waals surface area contributed by atoms with Gasteiger partial charge in [-0.25, -0.2) is 4.68 Å². The minimum Gasteiger partial charge on any atom is -0.343 e. The molecule has 10 heteroatoms. The van der Waals surface area contributed by atoms with Gasteiger partial charge in [-0.1, -0.05) is 48.0 Å². The van der Waals surface area contributed by atoms with Crippen LogP contribution in [0.5, 0.6) is 0 Å². The lowest BCUT2D eigenvalue weighted by atomic mass is 9.93. The molecule has 0 saturated carbocycles. The largest absolute Gasteiger partial charge is 0.343 e. The number of aryl methyl sites for hydroxylation is 2. The Morgan fingerprint density at radius 1 is 0.949 bits per heavy atom. The van der Waals surface area contributed by atoms with E-state index >= 15 is 0 Å². The number of nitro groups is 1. The van der Waals surface area contributed by atoms with Gasteiger partial charge in [0.1, 0.15) is 17.4 Å². The fraction of sp³-hybridized carbons (Fsp3) is 0.138. The average Bonchev–Trinajstić information content (AvgIpc) is 3.33. The van der Waals surface area contributed by atoms with Crippen LogP contribution in [0.3, 0.4) is 0 Å². The molecule has 0 saturated heterocycles. The van der Waals surface area contributed by atoms with Crippen LogP contribution < -0.4 is 16.0 Å². The normalized spacial score (nSPS) is 14.3. The number of allylic oxidation sites excluding steroid dienone is 1. The fourth-order valence-corrected chi connectivity index (χ4v) is 4.75. The number of nitro benzene ring substituents is 1. The van der Waals surface area contributed by atoms with Gasteiger partial charge in [0.2, 0.25) is 0 Å². The van der Waals surface area contributed by atoms with Crippen molar-refractivity contribution in [3.63, 3.8) is 0 Å². The number of amides is 2. The highest BCUT2D eigenvalue weighted by atomic mass is 16.6. The SMILES string of the molecule is CC1=C(C(=O)Nc2ccc(C)cc2C)[C@H](c2ccccc2[N+](=O)[O-])n2ncc(C(=O)Nc3ccccc3)c2N1. The molecule has 0 unspecified atom stereocenters. The number of benzene rings is 3. The minimum absolute atomic E-state index is 0.161. The molecular weight excluding hydrogens is 496 g/mol. The van der Waals surface area contributed by atoms with Gasteiger partial charge in [0.15, 0.2) is 0 Å². The lowest BCUT2D eigenvalue weighted by Gasteiger charge is -2.30. The van der Waals surface area contributed by atoms with E-state index in [9.17, 15) is 19.7 Å². The van der Waals surface area contributed by atoms with Crippen LogP contribution in [0.4, 0.5) is 22.9 Å². The second kappa shape index (κ2) is 10.3. The molecule has 3 aromatic carbocycles. The van der Waals surface area contributed by atoms with Crippen LogP contribution in [-0.2, 0) is 4.79 Å². The number of hydrogen-bond acceptors (Lipinski definition) is 6. The number of nitrogens with zero attached hydrogens (tertiary/aromatic N) is 3. The van der Waals surface area contributed by atoms with E-state index < -0.39 is 22.8 Å². The smallest absolute Gasteiger partial charge is 0.275 e. The Morgan fingerprint density at radius 2 is 1.67 bits per heavy atom. The van der Waals surface area contributed by atoms with Crippen molar-refractivity contribution in [2.45, 2.75) is 26.8 Å². The first-order valence-electron chi connectivity index (χ1n) is 12.3. The number of anilines is 3. The molecule has 0 bridgehead atoms. The predicted octanol–water partition coefficient (Wildman–Crippen LogP) is 5.59. The Kier molecular flexibility index (Phi) is 6.68. The van der Waals surface area contributed by atoms with Gasteiger partial charge in [-0.15, -0.1) is 0 Å². The standard InChI is InChI=1S/C29H26N6O4/c1-17-13-14-23(18(2)15-17)33-29(37)25-19(3)31-27-22(28(36)32-20-9-5-4-6-10-20)16-30-34(27)26(25)21-11-7-8-12-24(21)35(38)39/h4-16,26,31H,1-3H3,(H,32,36)(H,33,37)/t26-/m0/s1. The summed E-state index contributed by atoms with van der Waals surface area (Å²) in [5.74, 6) is -0.522. The van der Waals surface area contributed by atoms with Crippen molar-refractivity contribution >= 4 is 34.7 Å². The summed E-state index contributed by atoms with van der Waals surface area (Å²) in [4.78, 5) is 38.5. The second-order valence-electron chi connectivity index (χ2n) is 9.33. The molecule has 39 heavy (non-hydrogen) atoms. The minimum atomic E-state index is -0.966. The first-order chi connectivity index (χ1) is 18.7. The molecule has 10 nitrogen and oxygen atoms in total. The lowest BCUT2D eigenvalue weighted by Crippen LogP contribution is -2.32. The molecule has 0 aliphatic carbocycles. The third kappa shape index (κ3) is 4.87. The van der Waals surface area contributed by atoms with Crippen LogP contribution in [0.15, 0.2) is 90.3 Å². The third-order valence-corrected chi connectivity index (χ3v) is 6.60. The molecule has 0 fully saturated rings. The number of para-hydroxylation sites is 2. The van der Waals surface area contributed by atoms with Gasteiger partial charge in [0.05, 0.1) is 22.3 Å². The lowest BCUT2D eigenvalue weighted by molar-refractivity contribution is -0.385. The van der Waals surface area contributed by atoms with Crippen LogP contribution >= 0.6 is 0 Å². The summed E-state index contributed by atoms with van der Waals surface area (Å²) in [6.45, 7) is 5.56. The Balaban J connectivity index is 1.60. The molecule has 0 spiro atoms.